The number of hydrogen-bond donors (Lipinski definition) is 1. The van der Waals surface area contributed by atoms with Crippen LogP contribution < -0.4 is 5.48 Å². The fourth-order valence-corrected chi connectivity index (χ4v) is 1.45. The molecule has 0 radical (unpaired) electrons. The normalized spacial score (nSPS) is 10.5. The van der Waals surface area contributed by atoms with E-state index in [0.717, 1.165) is 5.39 Å². The second-order valence-corrected chi connectivity index (χ2v) is 3.36. The van der Waals surface area contributed by atoms with Crippen LogP contribution in [0.4, 0.5) is 0 Å². The predicted octanol–water partition coefficient (Wildman–Crippen LogP) is 2.38. The summed E-state index contributed by atoms with van der Waals surface area (Å²) in [7, 11) is 1.36. The lowest BCUT2D eigenvalue weighted by Crippen LogP contribution is -2.20. The van der Waals surface area contributed by atoms with Crippen LogP contribution in [0.2, 0.25) is 5.02 Å². The zero-order valence-corrected chi connectivity index (χ0v) is 8.67. The second kappa shape index (κ2) is 3.92. The van der Waals surface area contributed by atoms with Crippen LogP contribution >= 0.6 is 11.6 Å². The van der Waals surface area contributed by atoms with Gasteiger partial charge in [0.05, 0.1) is 7.11 Å². The Balaban J connectivity index is 2.42. The first-order valence-corrected chi connectivity index (χ1v) is 4.61. The molecule has 78 valence electrons. The summed E-state index contributed by atoms with van der Waals surface area (Å²) in [5, 5.41) is 1.38. The van der Waals surface area contributed by atoms with Crippen LogP contribution in [0.1, 0.15) is 10.6 Å². The van der Waals surface area contributed by atoms with Gasteiger partial charge in [-0.05, 0) is 24.3 Å². The van der Waals surface area contributed by atoms with E-state index in [2.05, 4.69) is 10.3 Å². The molecule has 1 amide bonds. The number of furan rings is 1. The molecule has 0 unspecified atom stereocenters. The van der Waals surface area contributed by atoms with Gasteiger partial charge in [-0.15, -0.1) is 0 Å². The Bertz CT molecular complexity index is 506. The predicted molar refractivity (Wildman–Crippen MR) is 55.7 cm³/mol. The van der Waals surface area contributed by atoms with E-state index in [1.807, 2.05) is 0 Å². The monoisotopic (exact) mass is 225 g/mol. The lowest BCUT2D eigenvalue weighted by Gasteiger charge is -1.95. The molecule has 0 aliphatic carbocycles. The van der Waals surface area contributed by atoms with Gasteiger partial charge in [-0.2, -0.15) is 0 Å². The first-order chi connectivity index (χ1) is 7.20. The minimum Gasteiger partial charge on any atom is -0.451 e. The molecule has 0 atom stereocenters. The third-order valence-corrected chi connectivity index (χ3v) is 2.13. The van der Waals surface area contributed by atoms with Crippen molar-refractivity contribution < 1.29 is 14.0 Å². The van der Waals surface area contributed by atoms with E-state index in [1.165, 1.54) is 7.11 Å². The molecule has 4 nitrogen and oxygen atoms in total. The molecule has 0 bridgehead atoms. The van der Waals surface area contributed by atoms with Gasteiger partial charge in [0.2, 0.25) is 0 Å². The summed E-state index contributed by atoms with van der Waals surface area (Å²) in [6.45, 7) is 0. The highest BCUT2D eigenvalue weighted by Crippen LogP contribution is 2.22. The minimum atomic E-state index is -0.426. The lowest BCUT2D eigenvalue weighted by atomic mass is 10.2. The van der Waals surface area contributed by atoms with E-state index in [0.29, 0.717) is 10.6 Å². The summed E-state index contributed by atoms with van der Waals surface area (Å²) in [5.74, 6) is -0.237. The van der Waals surface area contributed by atoms with Crippen molar-refractivity contribution >= 4 is 28.5 Å². The highest BCUT2D eigenvalue weighted by molar-refractivity contribution is 6.31. The zero-order valence-electron chi connectivity index (χ0n) is 7.91. The molecule has 0 aliphatic heterocycles. The van der Waals surface area contributed by atoms with Gasteiger partial charge in [0.25, 0.3) is 0 Å². The van der Waals surface area contributed by atoms with Crippen LogP contribution in [0.5, 0.6) is 0 Å². The zero-order chi connectivity index (χ0) is 10.8. The number of amides is 1. The number of rotatable bonds is 2. The average Bonchev–Trinajstić information content (AvgIpc) is 2.60. The van der Waals surface area contributed by atoms with Crippen LogP contribution in [0.3, 0.4) is 0 Å². The van der Waals surface area contributed by atoms with E-state index in [-0.39, 0.29) is 5.76 Å². The molecule has 1 N–H and O–H groups in total. The standard InChI is InChI=1S/C10H8ClNO3/c1-14-12-10(13)9-5-6-4-7(11)2-3-8(6)15-9/h2-5H,1H3,(H,12,13). The van der Waals surface area contributed by atoms with Gasteiger partial charge >= 0.3 is 5.91 Å². The highest BCUT2D eigenvalue weighted by Gasteiger charge is 2.11. The average molecular weight is 226 g/mol. The van der Waals surface area contributed by atoms with Crippen molar-refractivity contribution in [1.29, 1.82) is 0 Å². The smallest absolute Gasteiger partial charge is 0.310 e. The molecular weight excluding hydrogens is 218 g/mol. The summed E-state index contributed by atoms with van der Waals surface area (Å²) in [4.78, 5) is 15.8. The highest BCUT2D eigenvalue weighted by atomic mass is 35.5. The van der Waals surface area contributed by atoms with Crippen molar-refractivity contribution in [2.24, 2.45) is 0 Å². The SMILES string of the molecule is CONC(=O)c1cc2cc(Cl)ccc2o1. The van der Waals surface area contributed by atoms with Crippen molar-refractivity contribution in [1.82, 2.24) is 5.48 Å². The van der Waals surface area contributed by atoms with Crippen LogP contribution in [-0.4, -0.2) is 13.0 Å². The van der Waals surface area contributed by atoms with Crippen molar-refractivity contribution in [2.45, 2.75) is 0 Å². The number of hydroxylamine groups is 1. The van der Waals surface area contributed by atoms with Gasteiger partial charge in [-0.3, -0.25) is 9.63 Å². The summed E-state index contributed by atoms with van der Waals surface area (Å²) in [6.07, 6.45) is 0. The summed E-state index contributed by atoms with van der Waals surface area (Å²) in [5.41, 5.74) is 2.78. The molecular formula is C10H8ClNO3. The molecule has 1 aromatic carbocycles. The number of hydrogen-bond acceptors (Lipinski definition) is 3. The molecule has 5 heteroatoms. The topological polar surface area (TPSA) is 51.5 Å². The summed E-state index contributed by atoms with van der Waals surface area (Å²) in [6, 6.07) is 6.74. The molecule has 2 aromatic rings. The molecule has 0 saturated heterocycles. The van der Waals surface area contributed by atoms with Crippen LogP contribution in [-0.2, 0) is 4.84 Å². The maximum atomic E-state index is 11.3. The number of nitrogens with one attached hydrogen (secondary N) is 1. The van der Waals surface area contributed by atoms with Crippen molar-refractivity contribution in [2.75, 3.05) is 7.11 Å². The first kappa shape index (κ1) is 10.0. The molecule has 0 saturated carbocycles. The Hall–Kier alpha value is -1.52. The van der Waals surface area contributed by atoms with Crippen molar-refractivity contribution in [3.05, 3.63) is 35.0 Å². The van der Waals surface area contributed by atoms with E-state index in [9.17, 15) is 4.79 Å². The number of halogens is 1. The number of benzene rings is 1. The Morgan fingerprint density at radius 1 is 1.47 bits per heavy atom. The molecule has 15 heavy (non-hydrogen) atoms. The number of fused-ring (bicyclic) bond motifs is 1. The maximum Gasteiger partial charge on any atom is 0.310 e. The maximum absolute atomic E-state index is 11.3. The molecule has 2 rings (SSSR count). The molecule has 1 aromatic heterocycles. The van der Waals surface area contributed by atoms with Gasteiger partial charge in [0.1, 0.15) is 5.58 Å². The first-order valence-electron chi connectivity index (χ1n) is 4.23. The molecule has 1 heterocycles. The molecule has 0 aliphatic rings. The minimum absolute atomic E-state index is 0.189. The summed E-state index contributed by atoms with van der Waals surface area (Å²) < 4.78 is 5.29. The van der Waals surface area contributed by atoms with Gasteiger partial charge in [-0.1, -0.05) is 11.6 Å². The fraction of sp³-hybridized carbons (Fsp3) is 0.100. The van der Waals surface area contributed by atoms with Crippen molar-refractivity contribution in [3.8, 4) is 0 Å². The lowest BCUT2D eigenvalue weighted by molar-refractivity contribution is 0.0512. The van der Waals surface area contributed by atoms with Crippen LogP contribution in [0.25, 0.3) is 11.0 Å². The molecule has 0 fully saturated rings. The summed E-state index contributed by atoms with van der Waals surface area (Å²) >= 11 is 5.80. The van der Waals surface area contributed by atoms with E-state index >= 15 is 0 Å². The third-order valence-electron chi connectivity index (χ3n) is 1.90. The van der Waals surface area contributed by atoms with Crippen LogP contribution in [0, 0.1) is 0 Å². The van der Waals surface area contributed by atoms with Gasteiger partial charge < -0.3 is 4.42 Å². The van der Waals surface area contributed by atoms with E-state index in [4.69, 9.17) is 16.0 Å². The fourth-order valence-electron chi connectivity index (χ4n) is 1.27. The van der Waals surface area contributed by atoms with Crippen molar-refractivity contribution in [3.63, 3.8) is 0 Å². The largest absolute Gasteiger partial charge is 0.451 e. The Kier molecular flexibility index (Phi) is 2.62. The molecule has 0 spiro atoms. The second-order valence-electron chi connectivity index (χ2n) is 2.93. The van der Waals surface area contributed by atoms with Gasteiger partial charge in [-0.25, -0.2) is 5.48 Å². The Labute approximate surface area is 90.7 Å². The van der Waals surface area contributed by atoms with Gasteiger partial charge in [0, 0.05) is 10.4 Å². The van der Waals surface area contributed by atoms with E-state index in [1.54, 1.807) is 24.3 Å². The Morgan fingerprint density at radius 3 is 3.00 bits per heavy atom. The third kappa shape index (κ3) is 1.95. The number of carbonyl (C=O) groups excluding carboxylic acids is 1. The quantitative estimate of drug-likeness (QED) is 0.799. The Morgan fingerprint density at radius 2 is 2.27 bits per heavy atom. The number of carbonyl (C=O) groups is 1. The van der Waals surface area contributed by atoms with E-state index < -0.39 is 5.91 Å². The van der Waals surface area contributed by atoms with Crippen LogP contribution in [0.15, 0.2) is 28.7 Å². The van der Waals surface area contributed by atoms with Gasteiger partial charge in [0.15, 0.2) is 5.76 Å².